The molecule has 1 saturated carbocycles. The normalized spacial score (nSPS) is 29.7. The van der Waals surface area contributed by atoms with Crippen molar-refractivity contribution in [2.24, 2.45) is 11.8 Å². The predicted molar refractivity (Wildman–Crippen MR) is 75.4 cm³/mol. The molecule has 0 aromatic rings. The van der Waals surface area contributed by atoms with Gasteiger partial charge >= 0.3 is 0 Å². The fourth-order valence-corrected chi connectivity index (χ4v) is 5.54. The van der Waals surface area contributed by atoms with E-state index in [0.717, 1.165) is 25.3 Å². The molecule has 3 nitrogen and oxygen atoms in total. The van der Waals surface area contributed by atoms with Gasteiger partial charge in [-0.15, -0.1) is 0 Å². The molecule has 2 aliphatic rings. The Bertz CT molecular complexity index is 347. The van der Waals surface area contributed by atoms with E-state index in [1.54, 1.807) is 0 Å². The van der Waals surface area contributed by atoms with Crippen LogP contribution in [0.5, 0.6) is 0 Å². The van der Waals surface area contributed by atoms with Gasteiger partial charge in [-0.3, -0.25) is 0 Å². The van der Waals surface area contributed by atoms with E-state index >= 15 is 0 Å². The van der Waals surface area contributed by atoms with Crippen molar-refractivity contribution in [3.05, 3.63) is 0 Å². The molecular formula is C14H27NO2S. The third kappa shape index (κ3) is 4.23. The predicted octanol–water partition coefficient (Wildman–Crippen LogP) is 2.37. The van der Waals surface area contributed by atoms with Gasteiger partial charge in [-0.2, -0.15) is 0 Å². The fourth-order valence-electron chi connectivity index (χ4n) is 3.66. The van der Waals surface area contributed by atoms with E-state index in [1.807, 2.05) is 0 Å². The van der Waals surface area contributed by atoms with E-state index in [-0.39, 0.29) is 0 Å². The smallest absolute Gasteiger partial charge is 0.150 e. The highest BCUT2D eigenvalue weighted by Gasteiger charge is 2.30. The minimum absolute atomic E-state index is 0.403. The van der Waals surface area contributed by atoms with Crippen LogP contribution in [0.4, 0.5) is 0 Å². The number of hydrogen-bond acceptors (Lipinski definition) is 3. The SMILES string of the molecule is CCNC(CC1CCCC1)CC1CCS(=O)(=O)C1. The monoisotopic (exact) mass is 273 g/mol. The molecule has 0 amide bonds. The van der Waals surface area contributed by atoms with Gasteiger partial charge in [0.15, 0.2) is 9.84 Å². The average Bonchev–Trinajstić information content (AvgIpc) is 2.89. The molecule has 0 radical (unpaired) electrons. The summed E-state index contributed by atoms with van der Waals surface area (Å²) in [4.78, 5) is 0. The molecule has 106 valence electrons. The zero-order valence-corrected chi connectivity index (χ0v) is 12.3. The van der Waals surface area contributed by atoms with Gasteiger partial charge in [0.1, 0.15) is 0 Å². The first-order valence-electron chi connectivity index (χ1n) is 7.53. The van der Waals surface area contributed by atoms with Crippen LogP contribution < -0.4 is 5.32 Å². The van der Waals surface area contributed by atoms with Crippen LogP contribution in [0.25, 0.3) is 0 Å². The van der Waals surface area contributed by atoms with Crippen molar-refractivity contribution in [2.45, 2.75) is 57.9 Å². The van der Waals surface area contributed by atoms with Crippen molar-refractivity contribution in [2.75, 3.05) is 18.1 Å². The zero-order chi connectivity index (χ0) is 13.0. The largest absolute Gasteiger partial charge is 0.314 e. The highest BCUT2D eigenvalue weighted by molar-refractivity contribution is 7.91. The van der Waals surface area contributed by atoms with Gasteiger partial charge in [-0.1, -0.05) is 32.6 Å². The Balaban J connectivity index is 1.82. The lowest BCUT2D eigenvalue weighted by Crippen LogP contribution is -2.33. The first-order chi connectivity index (χ1) is 8.59. The van der Waals surface area contributed by atoms with Gasteiger partial charge in [-0.25, -0.2) is 8.42 Å². The Hall–Kier alpha value is -0.0900. The van der Waals surface area contributed by atoms with Gasteiger partial charge < -0.3 is 5.32 Å². The van der Waals surface area contributed by atoms with Crippen LogP contribution in [0.1, 0.15) is 51.9 Å². The summed E-state index contributed by atoms with van der Waals surface area (Å²) in [7, 11) is -2.71. The Kier molecular flexibility index (Phi) is 5.07. The quantitative estimate of drug-likeness (QED) is 0.808. The van der Waals surface area contributed by atoms with Gasteiger partial charge in [-0.05, 0) is 37.6 Å². The second-order valence-corrected chi connectivity index (χ2v) is 8.37. The van der Waals surface area contributed by atoms with E-state index in [2.05, 4.69) is 12.2 Å². The molecule has 1 heterocycles. The topological polar surface area (TPSA) is 46.2 Å². The Morgan fingerprint density at radius 1 is 1.11 bits per heavy atom. The van der Waals surface area contributed by atoms with Crippen LogP contribution in [-0.2, 0) is 9.84 Å². The van der Waals surface area contributed by atoms with E-state index < -0.39 is 9.84 Å². The summed E-state index contributed by atoms with van der Waals surface area (Å²) in [6, 6.07) is 0.538. The summed E-state index contributed by atoms with van der Waals surface area (Å²) in [5.41, 5.74) is 0. The molecule has 2 fully saturated rings. The molecule has 2 atom stereocenters. The summed E-state index contributed by atoms with van der Waals surface area (Å²) in [5.74, 6) is 2.13. The molecule has 0 aromatic heterocycles. The van der Waals surface area contributed by atoms with Crippen LogP contribution in [0, 0.1) is 11.8 Å². The van der Waals surface area contributed by atoms with Crippen molar-refractivity contribution < 1.29 is 8.42 Å². The molecule has 2 unspecified atom stereocenters. The van der Waals surface area contributed by atoms with Gasteiger partial charge in [0.25, 0.3) is 0 Å². The molecule has 1 N–H and O–H groups in total. The van der Waals surface area contributed by atoms with Crippen molar-refractivity contribution >= 4 is 9.84 Å². The molecule has 0 bridgehead atoms. The molecule has 0 spiro atoms. The molecule has 1 aliphatic heterocycles. The molecule has 1 aliphatic carbocycles. The first kappa shape index (κ1) is 14.3. The number of rotatable bonds is 6. The van der Waals surface area contributed by atoms with Crippen molar-refractivity contribution in [3.63, 3.8) is 0 Å². The van der Waals surface area contributed by atoms with Gasteiger partial charge in [0.05, 0.1) is 11.5 Å². The highest BCUT2D eigenvalue weighted by atomic mass is 32.2. The molecule has 2 rings (SSSR count). The lowest BCUT2D eigenvalue weighted by molar-refractivity contribution is 0.338. The van der Waals surface area contributed by atoms with E-state index in [9.17, 15) is 8.42 Å². The van der Waals surface area contributed by atoms with Crippen molar-refractivity contribution in [1.29, 1.82) is 0 Å². The lowest BCUT2D eigenvalue weighted by Gasteiger charge is -2.23. The summed E-state index contributed by atoms with van der Waals surface area (Å²) in [6.45, 7) is 3.14. The minimum Gasteiger partial charge on any atom is -0.314 e. The molecule has 4 heteroatoms. The maximum Gasteiger partial charge on any atom is 0.150 e. The number of sulfone groups is 1. The first-order valence-corrected chi connectivity index (χ1v) is 9.35. The summed E-state index contributed by atoms with van der Waals surface area (Å²) >= 11 is 0. The molecule has 1 saturated heterocycles. The van der Waals surface area contributed by atoms with Gasteiger partial charge in [0, 0.05) is 6.04 Å². The van der Waals surface area contributed by atoms with Crippen LogP contribution in [0.2, 0.25) is 0 Å². The molecule has 0 aromatic carbocycles. The fraction of sp³-hybridized carbons (Fsp3) is 1.00. The Morgan fingerprint density at radius 3 is 2.33 bits per heavy atom. The summed E-state index contributed by atoms with van der Waals surface area (Å²) < 4.78 is 23.0. The third-order valence-electron chi connectivity index (χ3n) is 4.53. The highest BCUT2D eigenvalue weighted by Crippen LogP contribution is 2.31. The van der Waals surface area contributed by atoms with E-state index in [0.29, 0.717) is 23.5 Å². The minimum atomic E-state index is -2.71. The third-order valence-corrected chi connectivity index (χ3v) is 6.37. The van der Waals surface area contributed by atoms with Crippen LogP contribution in [-0.4, -0.2) is 32.5 Å². The van der Waals surface area contributed by atoms with Crippen molar-refractivity contribution in [3.8, 4) is 0 Å². The number of hydrogen-bond donors (Lipinski definition) is 1. The summed E-state index contributed by atoms with van der Waals surface area (Å²) in [5, 5.41) is 3.57. The van der Waals surface area contributed by atoms with Gasteiger partial charge in [0.2, 0.25) is 0 Å². The van der Waals surface area contributed by atoms with Crippen molar-refractivity contribution in [1.82, 2.24) is 5.32 Å². The number of nitrogens with one attached hydrogen (secondary N) is 1. The second kappa shape index (κ2) is 6.38. The van der Waals surface area contributed by atoms with Crippen LogP contribution >= 0.6 is 0 Å². The van der Waals surface area contributed by atoms with E-state index in [1.165, 1.54) is 32.1 Å². The standard InChI is InChI=1S/C14H27NO2S/c1-2-15-14(9-12-5-3-4-6-12)10-13-7-8-18(16,17)11-13/h12-15H,2-11H2,1H3. The Morgan fingerprint density at radius 2 is 1.78 bits per heavy atom. The molecule has 18 heavy (non-hydrogen) atoms. The maximum atomic E-state index is 11.5. The Labute approximate surface area is 112 Å². The lowest BCUT2D eigenvalue weighted by atomic mass is 9.91. The summed E-state index contributed by atoms with van der Waals surface area (Å²) in [6.07, 6.45) is 8.74. The van der Waals surface area contributed by atoms with Crippen LogP contribution in [0.15, 0.2) is 0 Å². The maximum absolute atomic E-state index is 11.5. The van der Waals surface area contributed by atoms with E-state index in [4.69, 9.17) is 0 Å². The zero-order valence-electron chi connectivity index (χ0n) is 11.5. The second-order valence-electron chi connectivity index (χ2n) is 6.15. The average molecular weight is 273 g/mol. The molecular weight excluding hydrogens is 246 g/mol. The van der Waals surface area contributed by atoms with Crippen LogP contribution in [0.3, 0.4) is 0 Å².